The lowest BCUT2D eigenvalue weighted by atomic mass is 10.0. The summed E-state index contributed by atoms with van der Waals surface area (Å²) in [6.45, 7) is 2.48. The van der Waals surface area contributed by atoms with Gasteiger partial charge in [0.25, 0.3) is 5.56 Å². The molecule has 0 spiro atoms. The molecule has 2 aromatic heterocycles. The van der Waals surface area contributed by atoms with E-state index in [4.69, 9.17) is 16.3 Å². The fraction of sp³-hybridized carbons (Fsp3) is 0.250. The second-order valence-corrected chi connectivity index (χ2v) is 6.31. The highest BCUT2D eigenvalue weighted by Crippen LogP contribution is 2.32. The van der Waals surface area contributed by atoms with E-state index in [-0.39, 0.29) is 5.56 Å². The van der Waals surface area contributed by atoms with E-state index in [0.717, 1.165) is 26.5 Å². The molecule has 22 heavy (non-hydrogen) atoms. The van der Waals surface area contributed by atoms with E-state index in [9.17, 15) is 4.79 Å². The first-order valence-corrected chi connectivity index (χ1v) is 8.11. The lowest BCUT2D eigenvalue weighted by Gasteiger charge is -2.04. The Kier molecular flexibility index (Phi) is 4.29. The first kappa shape index (κ1) is 15.2. The third kappa shape index (κ3) is 2.79. The van der Waals surface area contributed by atoms with E-state index >= 15 is 0 Å². The number of thiophene rings is 1. The van der Waals surface area contributed by atoms with Crippen molar-refractivity contribution >= 4 is 33.2 Å². The molecule has 0 aliphatic rings. The normalized spacial score (nSPS) is 11.2. The molecule has 4 nitrogen and oxygen atoms in total. The van der Waals surface area contributed by atoms with Crippen LogP contribution in [0.15, 0.2) is 28.4 Å². The van der Waals surface area contributed by atoms with Crippen LogP contribution in [0.2, 0.25) is 5.02 Å². The number of aryl methyl sites for hydroxylation is 1. The molecule has 1 aromatic carbocycles. The SMILES string of the molecule is COCCc1nc2scc(-c3ccc(Cl)c(C)c3)c2c(=O)[nH]1. The molecule has 3 aromatic rings. The Balaban J connectivity index is 2.12. The number of hydrogen-bond donors (Lipinski definition) is 1. The van der Waals surface area contributed by atoms with Crippen molar-refractivity contribution in [3.05, 3.63) is 50.3 Å². The van der Waals surface area contributed by atoms with Crippen molar-refractivity contribution < 1.29 is 4.74 Å². The third-order valence-corrected chi connectivity index (χ3v) is 4.80. The second kappa shape index (κ2) is 6.20. The van der Waals surface area contributed by atoms with Crippen LogP contribution in [0.5, 0.6) is 0 Å². The molecule has 3 rings (SSSR count). The van der Waals surface area contributed by atoms with E-state index < -0.39 is 0 Å². The highest BCUT2D eigenvalue weighted by atomic mass is 35.5. The summed E-state index contributed by atoms with van der Waals surface area (Å²) in [4.78, 5) is 20.5. The number of nitrogens with zero attached hydrogens (tertiary/aromatic N) is 1. The molecule has 0 saturated heterocycles. The minimum Gasteiger partial charge on any atom is -0.384 e. The number of ether oxygens (including phenoxy) is 1. The van der Waals surface area contributed by atoms with Crippen LogP contribution in [0.1, 0.15) is 11.4 Å². The van der Waals surface area contributed by atoms with Crippen LogP contribution in [0.3, 0.4) is 0 Å². The van der Waals surface area contributed by atoms with Gasteiger partial charge in [-0.3, -0.25) is 4.79 Å². The van der Waals surface area contributed by atoms with Crippen molar-refractivity contribution in [3.63, 3.8) is 0 Å². The van der Waals surface area contributed by atoms with E-state index in [1.54, 1.807) is 7.11 Å². The number of aromatic nitrogens is 2. The van der Waals surface area contributed by atoms with Gasteiger partial charge in [-0.25, -0.2) is 4.98 Å². The Bertz CT molecular complexity index is 885. The Hall–Kier alpha value is -1.69. The number of aromatic amines is 1. The lowest BCUT2D eigenvalue weighted by molar-refractivity contribution is 0.200. The number of H-pyrrole nitrogens is 1. The van der Waals surface area contributed by atoms with Crippen molar-refractivity contribution in [3.8, 4) is 11.1 Å². The van der Waals surface area contributed by atoms with Gasteiger partial charge in [0.15, 0.2) is 0 Å². The zero-order valence-corrected chi connectivity index (χ0v) is 13.8. The predicted octanol–water partition coefficient (Wildman–Crippen LogP) is 3.80. The standard InChI is InChI=1S/C16H15ClN2O2S/c1-9-7-10(3-4-12(9)17)11-8-22-16-14(11)15(20)18-13(19-16)5-6-21-2/h3-4,7-8H,5-6H2,1-2H3,(H,18,19,20). The van der Waals surface area contributed by atoms with Crippen molar-refractivity contribution in [2.24, 2.45) is 0 Å². The molecular weight excluding hydrogens is 320 g/mol. The third-order valence-electron chi connectivity index (χ3n) is 3.50. The van der Waals surface area contributed by atoms with Gasteiger partial charge in [-0.15, -0.1) is 11.3 Å². The van der Waals surface area contributed by atoms with Crippen LogP contribution in [-0.4, -0.2) is 23.7 Å². The smallest absolute Gasteiger partial charge is 0.260 e. The molecule has 0 aliphatic heterocycles. The zero-order chi connectivity index (χ0) is 15.7. The first-order chi connectivity index (χ1) is 10.6. The summed E-state index contributed by atoms with van der Waals surface area (Å²) in [6, 6.07) is 5.77. The molecule has 0 radical (unpaired) electrons. The Labute approximate surface area is 136 Å². The average molecular weight is 335 g/mol. The molecule has 1 N–H and O–H groups in total. The molecule has 114 valence electrons. The molecule has 0 aliphatic carbocycles. The largest absolute Gasteiger partial charge is 0.384 e. The summed E-state index contributed by atoms with van der Waals surface area (Å²) < 4.78 is 5.03. The summed E-state index contributed by atoms with van der Waals surface area (Å²) in [5.41, 5.74) is 2.75. The molecular formula is C16H15ClN2O2S. The monoisotopic (exact) mass is 334 g/mol. The molecule has 2 heterocycles. The molecule has 0 saturated carbocycles. The van der Waals surface area contributed by atoms with E-state index in [2.05, 4.69) is 9.97 Å². The quantitative estimate of drug-likeness (QED) is 0.789. The number of fused-ring (bicyclic) bond motifs is 1. The minimum absolute atomic E-state index is 0.111. The van der Waals surface area contributed by atoms with Gasteiger partial charge in [0.2, 0.25) is 0 Å². The fourth-order valence-corrected chi connectivity index (χ4v) is 3.42. The maximum Gasteiger partial charge on any atom is 0.260 e. The van der Waals surface area contributed by atoms with Crippen LogP contribution in [0.25, 0.3) is 21.3 Å². The van der Waals surface area contributed by atoms with Gasteiger partial charge in [0.1, 0.15) is 10.7 Å². The van der Waals surface area contributed by atoms with Gasteiger partial charge in [-0.05, 0) is 30.2 Å². The summed E-state index contributed by atoms with van der Waals surface area (Å²) in [5, 5.41) is 3.32. The van der Waals surface area contributed by atoms with Gasteiger partial charge < -0.3 is 9.72 Å². The molecule has 6 heteroatoms. The van der Waals surface area contributed by atoms with Crippen LogP contribution in [-0.2, 0) is 11.2 Å². The second-order valence-electron chi connectivity index (χ2n) is 5.05. The number of benzene rings is 1. The minimum atomic E-state index is -0.111. The van der Waals surface area contributed by atoms with Crippen molar-refractivity contribution in [2.45, 2.75) is 13.3 Å². The summed E-state index contributed by atoms with van der Waals surface area (Å²) in [7, 11) is 1.63. The van der Waals surface area contributed by atoms with Crippen LogP contribution in [0, 0.1) is 6.92 Å². The number of hydrogen-bond acceptors (Lipinski definition) is 4. The van der Waals surface area contributed by atoms with Gasteiger partial charge in [-0.1, -0.05) is 17.7 Å². The Morgan fingerprint density at radius 2 is 2.23 bits per heavy atom. The van der Waals surface area contributed by atoms with Gasteiger partial charge >= 0.3 is 0 Å². The van der Waals surface area contributed by atoms with E-state index in [0.29, 0.717) is 24.2 Å². The highest BCUT2D eigenvalue weighted by Gasteiger charge is 2.13. The van der Waals surface area contributed by atoms with Gasteiger partial charge in [0.05, 0.1) is 12.0 Å². The number of methoxy groups -OCH3 is 1. The maximum atomic E-state index is 12.4. The molecule has 0 amide bonds. The van der Waals surface area contributed by atoms with Crippen molar-refractivity contribution in [2.75, 3.05) is 13.7 Å². The summed E-state index contributed by atoms with van der Waals surface area (Å²) in [5.74, 6) is 0.653. The van der Waals surface area contributed by atoms with Crippen LogP contribution in [0.4, 0.5) is 0 Å². The van der Waals surface area contributed by atoms with Crippen molar-refractivity contribution in [1.29, 1.82) is 0 Å². The predicted molar refractivity (Wildman–Crippen MR) is 91.0 cm³/mol. The van der Waals surface area contributed by atoms with Crippen molar-refractivity contribution in [1.82, 2.24) is 9.97 Å². The number of halogens is 1. The molecule has 0 fully saturated rings. The average Bonchev–Trinajstić information content (AvgIpc) is 2.92. The Morgan fingerprint density at radius 3 is 2.95 bits per heavy atom. The zero-order valence-electron chi connectivity index (χ0n) is 12.3. The Morgan fingerprint density at radius 1 is 1.41 bits per heavy atom. The first-order valence-electron chi connectivity index (χ1n) is 6.86. The van der Waals surface area contributed by atoms with Gasteiger partial charge in [-0.2, -0.15) is 0 Å². The lowest BCUT2D eigenvalue weighted by Crippen LogP contribution is -2.12. The number of nitrogens with one attached hydrogen (secondary N) is 1. The molecule has 0 bridgehead atoms. The molecule has 0 atom stereocenters. The maximum absolute atomic E-state index is 12.4. The summed E-state index contributed by atoms with van der Waals surface area (Å²) >= 11 is 7.55. The van der Waals surface area contributed by atoms with E-state index in [1.807, 2.05) is 30.5 Å². The summed E-state index contributed by atoms with van der Waals surface area (Å²) in [6.07, 6.45) is 0.592. The highest BCUT2D eigenvalue weighted by molar-refractivity contribution is 7.17. The van der Waals surface area contributed by atoms with Crippen LogP contribution < -0.4 is 5.56 Å². The molecule has 0 unspecified atom stereocenters. The van der Waals surface area contributed by atoms with Gasteiger partial charge in [0, 0.05) is 29.5 Å². The topological polar surface area (TPSA) is 55.0 Å². The van der Waals surface area contributed by atoms with Crippen LogP contribution >= 0.6 is 22.9 Å². The fourth-order valence-electron chi connectivity index (χ4n) is 2.34. The number of rotatable bonds is 4. The van der Waals surface area contributed by atoms with E-state index in [1.165, 1.54) is 11.3 Å².